The Bertz CT molecular complexity index is 2650. The molecular formula is C32H38N9NaO16S3. The number of hydrogen-bond acceptors (Lipinski definition) is 19. The van der Waals surface area contributed by atoms with E-state index in [0.29, 0.717) is 6.42 Å². The molecule has 0 aliphatic rings. The number of anilines is 1. The Morgan fingerprint density at radius 2 is 1.43 bits per heavy atom. The van der Waals surface area contributed by atoms with Gasteiger partial charge < -0.3 is 28.8 Å². The number of carbonyl (C=O) groups is 3. The van der Waals surface area contributed by atoms with Crippen molar-refractivity contribution in [2.75, 3.05) is 46.6 Å². The molecule has 0 saturated carbocycles. The van der Waals surface area contributed by atoms with Crippen LogP contribution in [0.3, 0.4) is 0 Å². The predicted octanol–water partition coefficient (Wildman–Crippen LogP) is -4.05. The molecule has 326 valence electrons. The molecule has 4 aromatic rings. The molecule has 25 nitrogen and oxygen atoms in total. The van der Waals surface area contributed by atoms with E-state index < -0.39 is 69.5 Å². The van der Waals surface area contributed by atoms with Gasteiger partial charge in [-0.05, 0) is 36.2 Å². The molecule has 0 aliphatic carbocycles. The number of nitrogens with one attached hydrogen (secondary N) is 3. The maximum Gasteiger partial charge on any atom is 1.00 e. The summed E-state index contributed by atoms with van der Waals surface area (Å²) >= 11 is 0. The van der Waals surface area contributed by atoms with E-state index in [2.05, 4.69) is 39.0 Å². The van der Waals surface area contributed by atoms with E-state index in [4.69, 9.17) is 14.2 Å². The van der Waals surface area contributed by atoms with Crippen LogP contribution in [-0.2, 0) is 53.1 Å². The number of ether oxygens (including phenoxy) is 5. The van der Waals surface area contributed by atoms with Gasteiger partial charge in [-0.25, -0.2) is 50.0 Å². The van der Waals surface area contributed by atoms with E-state index in [1.165, 1.54) is 51.6 Å². The van der Waals surface area contributed by atoms with Crippen LogP contribution in [0.15, 0.2) is 67.5 Å². The molecule has 0 atom stereocenters. The van der Waals surface area contributed by atoms with Crippen molar-refractivity contribution in [2.45, 2.75) is 29.7 Å². The summed E-state index contributed by atoms with van der Waals surface area (Å²) in [6, 6.07) is 7.06. The van der Waals surface area contributed by atoms with Crippen LogP contribution >= 0.6 is 0 Å². The number of amides is 2. The minimum absolute atomic E-state index is 0. The van der Waals surface area contributed by atoms with Crippen LogP contribution in [0.2, 0.25) is 0 Å². The zero-order valence-electron chi connectivity index (χ0n) is 33.7. The van der Waals surface area contributed by atoms with Crippen LogP contribution in [-0.4, -0.2) is 115 Å². The monoisotopic (exact) mass is 923 g/mol. The van der Waals surface area contributed by atoms with Gasteiger partial charge in [0.1, 0.15) is 15.8 Å². The molecule has 29 heteroatoms. The Morgan fingerprint density at radius 1 is 0.852 bits per heavy atom. The molecule has 4 rings (SSSR count). The second kappa shape index (κ2) is 22.3. The smallest absolute Gasteiger partial charge is 0.844 e. The third-order valence-electron chi connectivity index (χ3n) is 7.15. The van der Waals surface area contributed by atoms with Crippen LogP contribution in [0.25, 0.3) is 0 Å². The van der Waals surface area contributed by atoms with Crippen molar-refractivity contribution in [3.63, 3.8) is 0 Å². The quantitative estimate of drug-likeness (QED) is 0.0442. The number of sulfonamides is 3. The van der Waals surface area contributed by atoms with Crippen molar-refractivity contribution in [3.05, 3.63) is 75.7 Å². The summed E-state index contributed by atoms with van der Waals surface area (Å²) in [5.41, 5.74) is -1.39. The Morgan fingerprint density at radius 3 is 1.97 bits per heavy atom. The molecule has 2 amide bonds. The van der Waals surface area contributed by atoms with Crippen molar-refractivity contribution < 1.29 is 98.0 Å². The van der Waals surface area contributed by atoms with Crippen LogP contribution in [0.4, 0.5) is 10.7 Å². The summed E-state index contributed by atoms with van der Waals surface area (Å²) in [5.74, 6) is -2.14. The van der Waals surface area contributed by atoms with Crippen LogP contribution < -0.4 is 69.3 Å². The molecule has 0 fully saturated rings. The van der Waals surface area contributed by atoms with Crippen LogP contribution in [0, 0.1) is 0 Å². The maximum atomic E-state index is 12.9. The molecule has 2 aromatic carbocycles. The summed E-state index contributed by atoms with van der Waals surface area (Å²) in [5, 5.41) is 18.0. The van der Waals surface area contributed by atoms with Gasteiger partial charge in [-0.2, -0.15) is 27.5 Å². The average molecular weight is 924 g/mol. The number of benzene rings is 2. The van der Waals surface area contributed by atoms with Gasteiger partial charge in [-0.15, -0.1) is 5.10 Å². The van der Waals surface area contributed by atoms with Crippen LogP contribution in [0.5, 0.6) is 17.8 Å². The van der Waals surface area contributed by atoms with Gasteiger partial charge in [0.25, 0.3) is 20.0 Å². The van der Waals surface area contributed by atoms with Crippen molar-refractivity contribution in [2.24, 2.45) is 11.4 Å². The average Bonchev–Trinajstić information content (AvgIpc) is 3.49. The van der Waals surface area contributed by atoms with Crippen molar-refractivity contribution in [3.8, 4) is 17.8 Å². The van der Waals surface area contributed by atoms with E-state index in [1.54, 1.807) is 4.72 Å². The van der Waals surface area contributed by atoms with Gasteiger partial charge in [0.2, 0.25) is 27.7 Å². The van der Waals surface area contributed by atoms with E-state index in [-0.39, 0.29) is 87.8 Å². The van der Waals surface area contributed by atoms with Gasteiger partial charge in [0, 0.05) is 13.6 Å². The number of nitrogens with zero attached hydrogens (tertiary/aromatic N) is 6. The Labute approximate surface area is 370 Å². The van der Waals surface area contributed by atoms with Crippen molar-refractivity contribution in [1.82, 2.24) is 33.8 Å². The number of carbonyl (C=O) groups excluding carboxylic acids is 3. The molecule has 2 aromatic heterocycles. The Balaban J connectivity index is 0.000000421. The zero-order valence-corrected chi connectivity index (χ0v) is 38.1. The summed E-state index contributed by atoms with van der Waals surface area (Å²) in [7, 11) is -6.74. The largest absolute Gasteiger partial charge is 1.00 e. The summed E-state index contributed by atoms with van der Waals surface area (Å²) in [4.78, 5) is 54.7. The number of methoxy groups -OCH3 is 4. The normalized spacial score (nSPS) is 11.5. The molecule has 0 radical (unpaired) electrons. The second-order valence-electron chi connectivity index (χ2n) is 11.5. The molecule has 3 N–H and O–H groups in total. The molecular weight excluding hydrogens is 886 g/mol. The van der Waals surface area contributed by atoms with Gasteiger partial charge >= 0.3 is 59.2 Å². The molecule has 2 heterocycles. The van der Waals surface area contributed by atoms with E-state index in [9.17, 15) is 49.5 Å². The summed E-state index contributed by atoms with van der Waals surface area (Å²) in [6.07, 6.45) is 1.56. The SMILES string of the molecule is CCCOc1nn(C([O-])=NS(=O)(=O)c2ccccc2C(=O)OC)c(=O)n1C.COC(=O)c1ccc(CNS(C)(=O)=O)cc1S(=O)(=O)NC(=O)Nc1nc(OC)cc(OC)n1.[Na+]. The Kier molecular flexibility index (Phi) is 18.8. The first kappa shape index (κ1) is 51.5. The fourth-order valence-corrected chi connectivity index (χ4v) is 7.03. The van der Waals surface area contributed by atoms with E-state index >= 15 is 0 Å². The van der Waals surface area contributed by atoms with Gasteiger partial charge in [0.05, 0.1) is 58.5 Å². The molecule has 0 bridgehead atoms. The molecule has 0 aliphatic heterocycles. The van der Waals surface area contributed by atoms with Crippen molar-refractivity contribution in [1.29, 1.82) is 0 Å². The van der Waals surface area contributed by atoms with Gasteiger partial charge in [-0.3, -0.25) is 5.32 Å². The zero-order chi connectivity index (χ0) is 45.0. The molecule has 61 heavy (non-hydrogen) atoms. The van der Waals surface area contributed by atoms with E-state index in [0.717, 1.165) is 43.2 Å². The first-order valence-electron chi connectivity index (χ1n) is 16.6. The first-order chi connectivity index (χ1) is 28.1. The second-order valence-corrected chi connectivity index (χ2v) is 16.5. The fourth-order valence-electron chi connectivity index (χ4n) is 4.39. The standard InChI is InChI=1S/C17H21N5O9S2.C15H18N4O7S.Na/c1-29-13-8-14(30-2)20-16(19-13)21-17(24)22-33(27,28)12-7-10(9-18-32(4,25)26)5-6-11(12)15(23)31-3;1-4-9-26-14-16-19(15(22)18(14)2)13(21)17-27(23,24)11-8-6-5-7-10(11)12(20)25-3;/h5-8,18H,9H2,1-4H3,(H2,19,20,21,22,24);5-8H,4,9H2,1-3H3,(H,17,21);/q;;+1/p-1. The Hall–Kier alpha value is -5.65. The number of urea groups is 1. The number of esters is 2. The van der Waals surface area contributed by atoms with E-state index in [1.807, 2.05) is 6.92 Å². The van der Waals surface area contributed by atoms with Gasteiger partial charge in [0.15, 0.2) is 0 Å². The maximum absolute atomic E-state index is 12.9. The minimum Gasteiger partial charge on any atom is -0.844 e. The summed E-state index contributed by atoms with van der Waals surface area (Å²) < 4.78 is 106. The number of aromatic nitrogens is 5. The summed E-state index contributed by atoms with van der Waals surface area (Å²) in [6.45, 7) is 1.83. The first-order valence-corrected chi connectivity index (χ1v) is 21.4. The van der Waals surface area contributed by atoms with Crippen molar-refractivity contribution >= 4 is 60.0 Å². The molecule has 0 unspecified atom stereocenters. The molecule has 0 spiro atoms. The predicted molar refractivity (Wildman–Crippen MR) is 205 cm³/mol. The van der Waals surface area contributed by atoms with Gasteiger partial charge in [-0.1, -0.05) is 25.1 Å². The number of rotatable bonds is 15. The third kappa shape index (κ3) is 14.2. The topological polar surface area (TPSA) is 337 Å². The fraction of sp³-hybridized carbons (Fsp3) is 0.312. The third-order valence-corrected chi connectivity index (χ3v) is 10.5. The minimum atomic E-state index is -4.63. The van der Waals surface area contributed by atoms with Crippen LogP contribution in [0.1, 0.15) is 39.6 Å². The molecule has 0 saturated heterocycles. The number of hydrogen-bond donors (Lipinski definition) is 3.